The molecular weight excluding hydrogens is 274 g/mol. The molecule has 88 valence electrons. The maximum Gasteiger partial charge on any atom is 0.303 e. The highest BCUT2D eigenvalue weighted by Gasteiger charge is 2.13. The van der Waals surface area contributed by atoms with Crippen LogP contribution in [0.1, 0.15) is 24.4 Å². The van der Waals surface area contributed by atoms with Crippen molar-refractivity contribution in [1.29, 1.82) is 0 Å². The molecular formula is C11H14BrNO3. The van der Waals surface area contributed by atoms with Crippen molar-refractivity contribution in [2.75, 3.05) is 7.11 Å². The molecule has 1 aromatic carbocycles. The molecule has 5 heteroatoms. The van der Waals surface area contributed by atoms with Crippen LogP contribution >= 0.6 is 15.9 Å². The lowest BCUT2D eigenvalue weighted by molar-refractivity contribution is -0.137. The Bertz CT molecular complexity index is 381. The van der Waals surface area contributed by atoms with Gasteiger partial charge in [-0.3, -0.25) is 4.79 Å². The number of hydrogen-bond donors (Lipinski definition) is 2. The monoisotopic (exact) mass is 287 g/mol. The standard InChI is InChI=1S/C11H14BrNO3/c1-16-10-4-2-7(12)6-8(10)9(13)3-5-11(14)15/h2,4,6,9H,3,5,13H2,1H3,(H,14,15). The second kappa shape index (κ2) is 5.86. The van der Waals surface area contributed by atoms with Gasteiger partial charge < -0.3 is 15.6 Å². The second-order valence-corrected chi connectivity index (χ2v) is 4.34. The second-order valence-electron chi connectivity index (χ2n) is 3.43. The fourth-order valence-electron chi connectivity index (χ4n) is 1.43. The van der Waals surface area contributed by atoms with Crippen LogP contribution in [0, 0.1) is 0 Å². The predicted octanol–water partition coefficient (Wildman–Crippen LogP) is 2.32. The third-order valence-electron chi connectivity index (χ3n) is 2.26. The molecule has 4 nitrogen and oxygen atoms in total. The maximum absolute atomic E-state index is 10.5. The fourth-order valence-corrected chi connectivity index (χ4v) is 1.81. The first-order valence-corrected chi connectivity index (χ1v) is 5.64. The van der Waals surface area contributed by atoms with Gasteiger partial charge in [-0.15, -0.1) is 0 Å². The van der Waals surface area contributed by atoms with Gasteiger partial charge in [0.25, 0.3) is 0 Å². The van der Waals surface area contributed by atoms with Gasteiger partial charge in [0.15, 0.2) is 0 Å². The highest BCUT2D eigenvalue weighted by atomic mass is 79.9. The van der Waals surface area contributed by atoms with Crippen LogP contribution in [-0.4, -0.2) is 18.2 Å². The predicted molar refractivity (Wildman–Crippen MR) is 64.5 cm³/mol. The summed E-state index contributed by atoms with van der Waals surface area (Å²) in [6.45, 7) is 0. The first-order chi connectivity index (χ1) is 7.54. The summed E-state index contributed by atoms with van der Waals surface area (Å²) in [7, 11) is 1.57. The van der Waals surface area contributed by atoms with E-state index >= 15 is 0 Å². The van der Waals surface area contributed by atoms with Gasteiger partial charge in [0.1, 0.15) is 5.75 Å². The third-order valence-corrected chi connectivity index (χ3v) is 2.75. The lowest BCUT2D eigenvalue weighted by Crippen LogP contribution is -2.13. The first kappa shape index (κ1) is 13.0. The smallest absolute Gasteiger partial charge is 0.303 e. The zero-order chi connectivity index (χ0) is 12.1. The van der Waals surface area contributed by atoms with Crippen molar-refractivity contribution < 1.29 is 14.6 Å². The van der Waals surface area contributed by atoms with Crippen molar-refractivity contribution in [3.63, 3.8) is 0 Å². The van der Waals surface area contributed by atoms with E-state index in [2.05, 4.69) is 15.9 Å². The Hall–Kier alpha value is -1.07. The van der Waals surface area contributed by atoms with Gasteiger partial charge in [0, 0.05) is 22.5 Å². The molecule has 3 N–H and O–H groups in total. The molecule has 0 aliphatic rings. The summed E-state index contributed by atoms with van der Waals surface area (Å²) >= 11 is 3.35. The molecule has 0 saturated heterocycles. The van der Waals surface area contributed by atoms with E-state index in [0.29, 0.717) is 12.2 Å². The number of aliphatic carboxylic acids is 1. The van der Waals surface area contributed by atoms with Crippen LogP contribution in [0.25, 0.3) is 0 Å². The largest absolute Gasteiger partial charge is 0.496 e. The fraction of sp³-hybridized carbons (Fsp3) is 0.364. The molecule has 16 heavy (non-hydrogen) atoms. The number of hydrogen-bond acceptors (Lipinski definition) is 3. The third kappa shape index (κ3) is 3.50. The van der Waals surface area contributed by atoms with Crippen LogP contribution in [0.4, 0.5) is 0 Å². The van der Waals surface area contributed by atoms with Gasteiger partial charge in [-0.25, -0.2) is 0 Å². The molecule has 1 aromatic rings. The minimum absolute atomic E-state index is 0.0524. The Balaban J connectivity index is 2.84. The Morgan fingerprint density at radius 3 is 2.88 bits per heavy atom. The lowest BCUT2D eigenvalue weighted by Gasteiger charge is -2.15. The number of nitrogens with two attached hydrogens (primary N) is 1. The summed E-state index contributed by atoms with van der Waals surface area (Å²) < 4.78 is 6.08. The Labute approximate surface area is 103 Å². The van der Waals surface area contributed by atoms with Gasteiger partial charge in [-0.05, 0) is 24.6 Å². The van der Waals surface area contributed by atoms with Gasteiger partial charge in [0.05, 0.1) is 7.11 Å². The van der Waals surface area contributed by atoms with Crippen molar-refractivity contribution in [3.8, 4) is 5.75 Å². The van der Waals surface area contributed by atoms with E-state index in [1.807, 2.05) is 12.1 Å². The molecule has 0 aliphatic carbocycles. The quantitative estimate of drug-likeness (QED) is 0.872. The summed E-state index contributed by atoms with van der Waals surface area (Å²) in [6, 6.07) is 5.18. The van der Waals surface area contributed by atoms with E-state index < -0.39 is 5.97 Å². The molecule has 1 atom stereocenters. The number of carboxylic acid groups (broad SMARTS) is 1. The normalized spacial score (nSPS) is 12.2. The van der Waals surface area contributed by atoms with E-state index in [9.17, 15) is 4.79 Å². The molecule has 0 aromatic heterocycles. The molecule has 0 aliphatic heterocycles. The Kier molecular flexibility index (Phi) is 4.76. The van der Waals surface area contributed by atoms with Crippen molar-refractivity contribution in [2.24, 2.45) is 5.73 Å². The molecule has 1 rings (SSSR count). The average Bonchev–Trinajstić information content (AvgIpc) is 2.25. The molecule has 0 radical (unpaired) electrons. The number of carbonyl (C=O) groups is 1. The van der Waals surface area contributed by atoms with E-state index in [1.54, 1.807) is 13.2 Å². The number of ether oxygens (including phenoxy) is 1. The van der Waals surface area contributed by atoms with Gasteiger partial charge >= 0.3 is 5.97 Å². The molecule has 1 unspecified atom stereocenters. The Morgan fingerprint density at radius 2 is 2.31 bits per heavy atom. The average molecular weight is 288 g/mol. The lowest BCUT2D eigenvalue weighted by atomic mass is 10.0. The molecule has 0 fully saturated rings. The summed E-state index contributed by atoms with van der Waals surface area (Å²) in [5.74, 6) is -0.162. The highest BCUT2D eigenvalue weighted by Crippen LogP contribution is 2.29. The van der Waals surface area contributed by atoms with Crippen LogP contribution in [-0.2, 0) is 4.79 Å². The van der Waals surface area contributed by atoms with Crippen LogP contribution < -0.4 is 10.5 Å². The van der Waals surface area contributed by atoms with Crippen molar-refractivity contribution in [1.82, 2.24) is 0 Å². The molecule has 0 heterocycles. The van der Waals surface area contributed by atoms with Crippen LogP contribution in [0.15, 0.2) is 22.7 Å². The van der Waals surface area contributed by atoms with E-state index in [0.717, 1.165) is 10.0 Å². The first-order valence-electron chi connectivity index (χ1n) is 4.85. The minimum atomic E-state index is -0.843. The Morgan fingerprint density at radius 1 is 1.62 bits per heavy atom. The van der Waals surface area contributed by atoms with Gasteiger partial charge in [-0.2, -0.15) is 0 Å². The number of carboxylic acids is 1. The number of methoxy groups -OCH3 is 1. The topological polar surface area (TPSA) is 72.5 Å². The summed E-state index contributed by atoms with van der Waals surface area (Å²) in [6.07, 6.45) is 0.443. The maximum atomic E-state index is 10.5. The number of rotatable bonds is 5. The van der Waals surface area contributed by atoms with Crippen LogP contribution in [0.5, 0.6) is 5.75 Å². The molecule has 0 bridgehead atoms. The minimum Gasteiger partial charge on any atom is -0.496 e. The summed E-state index contributed by atoms with van der Waals surface area (Å²) in [5, 5.41) is 8.59. The van der Waals surface area contributed by atoms with Crippen molar-refractivity contribution in [3.05, 3.63) is 28.2 Å². The van der Waals surface area contributed by atoms with Crippen molar-refractivity contribution in [2.45, 2.75) is 18.9 Å². The SMILES string of the molecule is COc1ccc(Br)cc1C(N)CCC(=O)O. The highest BCUT2D eigenvalue weighted by molar-refractivity contribution is 9.10. The molecule has 0 amide bonds. The van der Waals surface area contributed by atoms with Crippen LogP contribution in [0.3, 0.4) is 0 Å². The number of halogens is 1. The van der Waals surface area contributed by atoms with Gasteiger partial charge in [-0.1, -0.05) is 15.9 Å². The van der Waals surface area contributed by atoms with Gasteiger partial charge in [0.2, 0.25) is 0 Å². The summed E-state index contributed by atoms with van der Waals surface area (Å²) in [5.41, 5.74) is 6.74. The number of benzene rings is 1. The van der Waals surface area contributed by atoms with E-state index in [-0.39, 0.29) is 12.5 Å². The molecule has 0 spiro atoms. The zero-order valence-electron chi connectivity index (χ0n) is 8.94. The van der Waals surface area contributed by atoms with E-state index in [4.69, 9.17) is 15.6 Å². The summed E-state index contributed by atoms with van der Waals surface area (Å²) in [4.78, 5) is 10.5. The molecule has 0 saturated carbocycles. The van der Waals surface area contributed by atoms with E-state index in [1.165, 1.54) is 0 Å². The zero-order valence-corrected chi connectivity index (χ0v) is 10.5. The van der Waals surface area contributed by atoms with Crippen LogP contribution in [0.2, 0.25) is 0 Å². The van der Waals surface area contributed by atoms with Crippen molar-refractivity contribution >= 4 is 21.9 Å².